The van der Waals surface area contributed by atoms with Gasteiger partial charge in [-0.3, -0.25) is 19.9 Å². The molecular formula is C18H15FN4O6. The third kappa shape index (κ3) is 3.88. The number of carboxylic acid groups (broad SMARTS) is 2. The first kappa shape index (κ1) is 19.9. The van der Waals surface area contributed by atoms with Crippen LogP contribution in [-0.2, 0) is 16.1 Å². The van der Waals surface area contributed by atoms with Gasteiger partial charge in [0.2, 0.25) is 0 Å². The Morgan fingerprint density at radius 3 is 2.62 bits per heavy atom. The van der Waals surface area contributed by atoms with Crippen LogP contribution in [0, 0.1) is 16.0 Å². The highest BCUT2D eigenvalue weighted by Crippen LogP contribution is 2.40. The van der Waals surface area contributed by atoms with Crippen LogP contribution in [0.5, 0.6) is 0 Å². The first-order valence-electron chi connectivity index (χ1n) is 8.36. The molecule has 10 nitrogen and oxygen atoms in total. The van der Waals surface area contributed by atoms with E-state index in [9.17, 15) is 34.3 Å². The van der Waals surface area contributed by atoms with Crippen LogP contribution in [0.15, 0.2) is 59.2 Å². The Morgan fingerprint density at radius 1 is 1.31 bits per heavy atom. The minimum atomic E-state index is -1.61. The monoisotopic (exact) mass is 402 g/mol. The van der Waals surface area contributed by atoms with Crippen molar-refractivity contribution in [2.24, 2.45) is 10.9 Å². The number of nitro groups is 1. The quantitative estimate of drug-likeness (QED) is 0.532. The molecule has 2 N–H and O–H groups in total. The number of rotatable bonds is 7. The molecule has 1 aliphatic rings. The van der Waals surface area contributed by atoms with E-state index in [0.717, 1.165) is 6.07 Å². The number of aliphatic carboxylic acids is 2. The SMILES string of the molecule is O=C(O)C1=C(Cn2ccnc2)N=C(CF)C(C(=O)O)C1c1cccc([N+](=O)[O-])c1. The molecule has 0 amide bonds. The number of hydrogen-bond acceptors (Lipinski definition) is 6. The van der Waals surface area contributed by atoms with Crippen molar-refractivity contribution in [3.63, 3.8) is 0 Å². The summed E-state index contributed by atoms with van der Waals surface area (Å²) in [7, 11) is 0. The number of nitro benzene ring substituents is 1. The fourth-order valence-electron chi connectivity index (χ4n) is 3.36. The second kappa shape index (κ2) is 8.00. The van der Waals surface area contributed by atoms with Crippen molar-refractivity contribution in [1.82, 2.24) is 9.55 Å². The van der Waals surface area contributed by atoms with Gasteiger partial charge < -0.3 is 14.8 Å². The molecule has 29 heavy (non-hydrogen) atoms. The fraction of sp³-hybridized carbons (Fsp3) is 0.222. The number of nitrogens with zero attached hydrogens (tertiary/aromatic N) is 4. The Hall–Kier alpha value is -3.89. The van der Waals surface area contributed by atoms with Crippen molar-refractivity contribution >= 4 is 23.3 Å². The lowest BCUT2D eigenvalue weighted by molar-refractivity contribution is -0.384. The topological polar surface area (TPSA) is 148 Å². The molecule has 1 aliphatic heterocycles. The number of aliphatic imine (C=N–C) groups is 1. The molecule has 0 fully saturated rings. The van der Waals surface area contributed by atoms with Gasteiger partial charge in [-0.15, -0.1) is 0 Å². The summed E-state index contributed by atoms with van der Waals surface area (Å²) >= 11 is 0. The number of benzene rings is 1. The van der Waals surface area contributed by atoms with Gasteiger partial charge in [0, 0.05) is 30.4 Å². The third-order valence-corrected chi connectivity index (χ3v) is 4.56. The number of non-ortho nitro benzene ring substituents is 1. The maximum Gasteiger partial charge on any atom is 0.334 e. The standard InChI is InChI=1S/C18H15FN4O6/c19-7-12-15(17(24)25)14(10-2-1-3-11(6-10)23(28)29)16(18(26)27)13(21-12)8-22-5-4-20-9-22/h1-6,9,14-15H,7-8H2,(H,24,25)(H,26,27). The van der Waals surface area contributed by atoms with Gasteiger partial charge in [0.1, 0.15) is 12.6 Å². The average Bonchev–Trinajstić information content (AvgIpc) is 3.19. The summed E-state index contributed by atoms with van der Waals surface area (Å²) in [6, 6.07) is 5.00. The van der Waals surface area contributed by atoms with Crippen LogP contribution < -0.4 is 0 Å². The highest BCUT2D eigenvalue weighted by atomic mass is 19.1. The molecule has 1 aromatic carbocycles. The van der Waals surface area contributed by atoms with E-state index in [4.69, 9.17) is 0 Å². The van der Waals surface area contributed by atoms with Crippen LogP contribution in [0.4, 0.5) is 10.1 Å². The molecule has 0 radical (unpaired) electrons. The van der Waals surface area contributed by atoms with Crippen molar-refractivity contribution in [3.8, 4) is 0 Å². The van der Waals surface area contributed by atoms with Crippen molar-refractivity contribution in [2.75, 3.05) is 6.67 Å². The number of alkyl halides is 1. The van der Waals surface area contributed by atoms with Gasteiger partial charge in [0.05, 0.1) is 34.8 Å². The smallest absolute Gasteiger partial charge is 0.334 e. The number of aromatic nitrogens is 2. The highest BCUT2D eigenvalue weighted by molar-refractivity contribution is 6.07. The second-order valence-electron chi connectivity index (χ2n) is 6.28. The van der Waals surface area contributed by atoms with Crippen molar-refractivity contribution in [2.45, 2.75) is 12.5 Å². The Morgan fingerprint density at radius 2 is 2.07 bits per heavy atom. The lowest BCUT2D eigenvalue weighted by Crippen LogP contribution is -2.37. The van der Waals surface area contributed by atoms with Crippen LogP contribution in [0.3, 0.4) is 0 Å². The van der Waals surface area contributed by atoms with Gasteiger partial charge in [0.15, 0.2) is 0 Å². The van der Waals surface area contributed by atoms with E-state index in [1.807, 2.05) is 0 Å². The lowest BCUT2D eigenvalue weighted by Gasteiger charge is -2.30. The second-order valence-corrected chi connectivity index (χ2v) is 6.28. The number of carboxylic acids is 2. The predicted octanol–water partition coefficient (Wildman–Crippen LogP) is 2.04. The van der Waals surface area contributed by atoms with Crippen molar-refractivity contribution < 1.29 is 29.1 Å². The van der Waals surface area contributed by atoms with E-state index < -0.39 is 35.4 Å². The average molecular weight is 402 g/mol. The third-order valence-electron chi connectivity index (χ3n) is 4.56. The largest absolute Gasteiger partial charge is 0.481 e. The number of imidazole rings is 1. The molecule has 3 rings (SSSR count). The molecule has 0 saturated heterocycles. The first-order chi connectivity index (χ1) is 13.8. The first-order valence-corrected chi connectivity index (χ1v) is 8.36. The van der Waals surface area contributed by atoms with Crippen LogP contribution in [-0.4, -0.2) is 49.0 Å². The molecule has 2 unspecified atom stereocenters. The van der Waals surface area contributed by atoms with Crippen LogP contribution in [0.1, 0.15) is 11.5 Å². The van der Waals surface area contributed by atoms with E-state index in [1.165, 1.54) is 35.3 Å². The van der Waals surface area contributed by atoms with Gasteiger partial charge in [-0.1, -0.05) is 12.1 Å². The summed E-state index contributed by atoms with van der Waals surface area (Å²) in [4.78, 5) is 42.3. The molecule has 0 spiro atoms. The summed E-state index contributed by atoms with van der Waals surface area (Å²) in [5, 5.41) is 30.6. The minimum Gasteiger partial charge on any atom is -0.481 e. The van der Waals surface area contributed by atoms with E-state index in [1.54, 1.807) is 6.20 Å². The Balaban J connectivity index is 2.24. The Labute approximate surface area is 162 Å². The van der Waals surface area contributed by atoms with Crippen LogP contribution in [0.25, 0.3) is 0 Å². The van der Waals surface area contributed by atoms with Crippen LogP contribution in [0.2, 0.25) is 0 Å². The van der Waals surface area contributed by atoms with Gasteiger partial charge in [-0.25, -0.2) is 14.2 Å². The molecule has 0 saturated carbocycles. The number of allylic oxidation sites excluding steroid dienone is 1. The molecule has 11 heteroatoms. The predicted molar refractivity (Wildman–Crippen MR) is 97.3 cm³/mol. The molecule has 0 aliphatic carbocycles. The summed E-state index contributed by atoms with van der Waals surface area (Å²) < 4.78 is 15.2. The van der Waals surface area contributed by atoms with Gasteiger partial charge in [-0.05, 0) is 5.56 Å². The number of halogens is 1. The molecular weight excluding hydrogens is 387 g/mol. The summed E-state index contributed by atoms with van der Waals surface area (Å²) in [5.74, 6) is -5.88. The molecule has 150 valence electrons. The van der Waals surface area contributed by atoms with Crippen molar-refractivity contribution in [3.05, 3.63) is 69.9 Å². The maximum atomic E-state index is 13.7. The minimum absolute atomic E-state index is 0.0443. The van der Waals surface area contributed by atoms with Gasteiger partial charge >= 0.3 is 11.9 Å². The van der Waals surface area contributed by atoms with Crippen LogP contribution >= 0.6 is 0 Å². The molecule has 1 aromatic heterocycles. The summed E-state index contributed by atoms with van der Waals surface area (Å²) in [6.45, 7) is -1.29. The zero-order chi connectivity index (χ0) is 21.1. The Kier molecular flexibility index (Phi) is 5.48. The molecule has 2 heterocycles. The van der Waals surface area contributed by atoms with Crippen molar-refractivity contribution in [1.29, 1.82) is 0 Å². The zero-order valence-corrected chi connectivity index (χ0v) is 14.8. The lowest BCUT2D eigenvalue weighted by atomic mass is 9.75. The number of hydrogen-bond donors (Lipinski definition) is 2. The van der Waals surface area contributed by atoms with Gasteiger partial charge in [0.25, 0.3) is 5.69 Å². The Bertz CT molecular complexity index is 1030. The maximum absolute atomic E-state index is 13.7. The molecule has 0 bridgehead atoms. The van der Waals surface area contributed by atoms with Gasteiger partial charge in [-0.2, -0.15) is 0 Å². The molecule has 2 atom stereocenters. The fourth-order valence-corrected chi connectivity index (χ4v) is 3.36. The zero-order valence-electron chi connectivity index (χ0n) is 14.8. The normalized spacial score (nSPS) is 19.0. The highest BCUT2D eigenvalue weighted by Gasteiger charge is 2.43. The van der Waals surface area contributed by atoms with E-state index in [-0.39, 0.29) is 34.8 Å². The van der Waals surface area contributed by atoms with E-state index in [2.05, 4.69) is 9.98 Å². The van der Waals surface area contributed by atoms with E-state index >= 15 is 0 Å². The molecule has 2 aromatic rings. The number of carbonyl (C=O) groups is 2. The summed E-state index contributed by atoms with van der Waals surface area (Å²) in [5.41, 5.74) is -1.01. The summed E-state index contributed by atoms with van der Waals surface area (Å²) in [6.07, 6.45) is 4.41. The van der Waals surface area contributed by atoms with E-state index in [0.29, 0.717) is 0 Å².